The molecule has 0 aliphatic heterocycles. The van der Waals surface area contributed by atoms with Gasteiger partial charge in [-0.2, -0.15) is 0 Å². The van der Waals surface area contributed by atoms with Crippen LogP contribution in [0.2, 0.25) is 5.02 Å². The summed E-state index contributed by atoms with van der Waals surface area (Å²) in [6, 6.07) is 4.27. The van der Waals surface area contributed by atoms with Crippen LogP contribution >= 0.6 is 11.6 Å². The predicted octanol–water partition coefficient (Wildman–Crippen LogP) is 2.19. The van der Waals surface area contributed by atoms with Crippen LogP contribution in [0, 0.1) is 0 Å². The van der Waals surface area contributed by atoms with Gasteiger partial charge in [0.1, 0.15) is 19.0 Å². The highest BCUT2D eigenvalue weighted by Gasteiger charge is 2.13. The summed E-state index contributed by atoms with van der Waals surface area (Å²) >= 11 is 6.05. The van der Waals surface area contributed by atoms with Gasteiger partial charge in [-0.25, -0.2) is 10.3 Å². The molecule has 0 aromatic heterocycles. The van der Waals surface area contributed by atoms with E-state index in [-0.39, 0.29) is 6.61 Å². The van der Waals surface area contributed by atoms with Gasteiger partial charge in [-0.3, -0.25) is 4.84 Å². The number of hydrogen-bond acceptors (Lipinski definition) is 5. The van der Waals surface area contributed by atoms with Gasteiger partial charge in [0.15, 0.2) is 0 Å². The minimum Gasteiger partial charge on any atom is -0.490 e. The summed E-state index contributed by atoms with van der Waals surface area (Å²) in [6.07, 6.45) is 0. The molecule has 7 nitrogen and oxygen atoms in total. The molecule has 0 aliphatic carbocycles. The molecule has 2 amide bonds. The van der Waals surface area contributed by atoms with Crippen LogP contribution in [0.4, 0.5) is 10.5 Å². The highest BCUT2D eigenvalue weighted by molar-refractivity contribution is 6.32. The summed E-state index contributed by atoms with van der Waals surface area (Å²) in [5.41, 5.74) is 1.61. The SMILES string of the molecule is COCCOc1ccc(NC(=O)NOCC(C)(C)O)cc1Cl. The lowest BCUT2D eigenvalue weighted by Gasteiger charge is -2.17. The van der Waals surface area contributed by atoms with E-state index in [2.05, 4.69) is 10.8 Å². The Bertz CT molecular complexity index is 491. The standard InChI is InChI=1S/C14H21ClN2O5/c1-14(2,19)9-22-17-13(18)16-10-4-5-12(11(15)8-10)21-7-6-20-3/h4-5,8,19H,6-7,9H2,1-3H3,(H2,16,17,18). The summed E-state index contributed by atoms with van der Waals surface area (Å²) in [6.45, 7) is 3.93. The van der Waals surface area contributed by atoms with Crippen molar-refractivity contribution in [2.75, 3.05) is 32.2 Å². The maximum Gasteiger partial charge on any atom is 0.343 e. The van der Waals surface area contributed by atoms with Crippen molar-refractivity contribution >= 4 is 23.3 Å². The van der Waals surface area contributed by atoms with Crippen LogP contribution in [-0.2, 0) is 9.57 Å². The van der Waals surface area contributed by atoms with E-state index in [1.165, 1.54) is 0 Å². The van der Waals surface area contributed by atoms with E-state index in [0.717, 1.165) is 0 Å². The smallest absolute Gasteiger partial charge is 0.343 e. The first-order valence-corrected chi connectivity index (χ1v) is 7.02. The Balaban J connectivity index is 2.45. The van der Waals surface area contributed by atoms with Gasteiger partial charge in [0.05, 0.1) is 17.2 Å². The number of halogens is 1. The molecule has 0 atom stereocenters. The van der Waals surface area contributed by atoms with Crippen LogP contribution < -0.4 is 15.5 Å². The minimum atomic E-state index is -1.03. The van der Waals surface area contributed by atoms with Crippen LogP contribution in [0.15, 0.2) is 18.2 Å². The topological polar surface area (TPSA) is 89.1 Å². The Morgan fingerprint density at radius 3 is 2.68 bits per heavy atom. The zero-order chi connectivity index (χ0) is 16.6. The molecule has 0 saturated carbocycles. The fraction of sp³-hybridized carbons (Fsp3) is 0.500. The second kappa shape index (κ2) is 8.79. The van der Waals surface area contributed by atoms with Gasteiger partial charge in [0.25, 0.3) is 0 Å². The number of amides is 2. The van der Waals surface area contributed by atoms with Crippen LogP contribution in [-0.4, -0.2) is 43.7 Å². The first-order valence-electron chi connectivity index (χ1n) is 6.64. The zero-order valence-electron chi connectivity index (χ0n) is 12.8. The highest BCUT2D eigenvalue weighted by Crippen LogP contribution is 2.27. The average Bonchev–Trinajstić information content (AvgIpc) is 2.40. The number of methoxy groups -OCH3 is 1. The number of ether oxygens (including phenoxy) is 2. The van der Waals surface area contributed by atoms with Gasteiger partial charge in [-0.1, -0.05) is 11.6 Å². The molecule has 22 heavy (non-hydrogen) atoms. The van der Waals surface area contributed by atoms with E-state index in [4.69, 9.17) is 25.9 Å². The Kier molecular flexibility index (Phi) is 7.40. The lowest BCUT2D eigenvalue weighted by atomic mass is 10.2. The second-order valence-electron chi connectivity index (χ2n) is 5.14. The van der Waals surface area contributed by atoms with E-state index in [1.54, 1.807) is 39.2 Å². The first kappa shape index (κ1) is 18.5. The first-order chi connectivity index (χ1) is 10.3. The molecule has 1 aromatic rings. The van der Waals surface area contributed by atoms with E-state index in [0.29, 0.717) is 29.7 Å². The maximum absolute atomic E-state index is 11.6. The number of nitrogens with one attached hydrogen (secondary N) is 2. The molecule has 0 saturated heterocycles. The monoisotopic (exact) mass is 332 g/mol. The van der Waals surface area contributed by atoms with Crippen molar-refractivity contribution < 1.29 is 24.2 Å². The van der Waals surface area contributed by atoms with E-state index >= 15 is 0 Å². The van der Waals surface area contributed by atoms with Crippen molar-refractivity contribution in [3.8, 4) is 5.75 Å². The Hall–Kier alpha value is -1.54. The van der Waals surface area contributed by atoms with Gasteiger partial charge < -0.3 is 19.9 Å². The molecular formula is C14H21ClN2O5. The van der Waals surface area contributed by atoms with Crippen LogP contribution in [0.3, 0.4) is 0 Å². The highest BCUT2D eigenvalue weighted by atomic mass is 35.5. The largest absolute Gasteiger partial charge is 0.490 e. The van der Waals surface area contributed by atoms with Gasteiger partial charge in [-0.15, -0.1) is 0 Å². The molecule has 8 heteroatoms. The molecule has 0 spiro atoms. The maximum atomic E-state index is 11.6. The lowest BCUT2D eigenvalue weighted by molar-refractivity contribution is -0.0467. The zero-order valence-corrected chi connectivity index (χ0v) is 13.6. The number of aliphatic hydroxyl groups is 1. The lowest BCUT2D eigenvalue weighted by Crippen LogP contribution is -2.35. The molecule has 0 heterocycles. The Labute approximate surface area is 134 Å². The summed E-state index contributed by atoms with van der Waals surface area (Å²) in [4.78, 5) is 16.5. The molecular weight excluding hydrogens is 312 g/mol. The molecule has 0 unspecified atom stereocenters. The molecule has 0 aliphatic rings. The van der Waals surface area contributed by atoms with Crippen LogP contribution in [0.1, 0.15) is 13.8 Å². The van der Waals surface area contributed by atoms with E-state index in [1.807, 2.05) is 0 Å². The number of hydroxylamine groups is 1. The number of rotatable bonds is 8. The van der Waals surface area contributed by atoms with Gasteiger partial charge >= 0.3 is 6.03 Å². The third kappa shape index (κ3) is 7.46. The van der Waals surface area contributed by atoms with Crippen molar-refractivity contribution in [3.63, 3.8) is 0 Å². The number of benzene rings is 1. The van der Waals surface area contributed by atoms with Gasteiger partial charge in [-0.05, 0) is 32.0 Å². The summed E-state index contributed by atoms with van der Waals surface area (Å²) in [7, 11) is 1.58. The quantitative estimate of drug-likeness (QED) is 0.501. The number of hydrogen-bond donors (Lipinski definition) is 3. The molecule has 0 bridgehead atoms. The molecule has 124 valence electrons. The van der Waals surface area contributed by atoms with Crippen molar-refractivity contribution in [2.45, 2.75) is 19.4 Å². The Morgan fingerprint density at radius 1 is 1.36 bits per heavy atom. The number of urea groups is 1. The summed E-state index contributed by atoms with van der Waals surface area (Å²) in [5, 5.41) is 12.3. The van der Waals surface area contributed by atoms with Crippen molar-refractivity contribution in [2.24, 2.45) is 0 Å². The third-order valence-corrected chi connectivity index (χ3v) is 2.62. The normalized spacial score (nSPS) is 11.1. The fourth-order valence-corrected chi connectivity index (χ4v) is 1.60. The molecule has 1 rings (SSSR count). The van der Waals surface area contributed by atoms with Crippen LogP contribution in [0.5, 0.6) is 5.75 Å². The van der Waals surface area contributed by atoms with Gasteiger partial charge in [0.2, 0.25) is 0 Å². The van der Waals surface area contributed by atoms with Crippen molar-refractivity contribution in [1.29, 1.82) is 0 Å². The molecule has 1 aromatic carbocycles. The molecule has 0 radical (unpaired) electrons. The predicted molar refractivity (Wildman–Crippen MR) is 83.2 cm³/mol. The molecule has 0 fully saturated rings. The minimum absolute atomic E-state index is 0.0343. The molecule has 3 N–H and O–H groups in total. The average molecular weight is 333 g/mol. The number of anilines is 1. The Morgan fingerprint density at radius 2 is 2.09 bits per heavy atom. The van der Waals surface area contributed by atoms with E-state index in [9.17, 15) is 9.90 Å². The summed E-state index contributed by atoms with van der Waals surface area (Å²) in [5.74, 6) is 0.503. The summed E-state index contributed by atoms with van der Waals surface area (Å²) < 4.78 is 10.3. The van der Waals surface area contributed by atoms with Crippen molar-refractivity contribution in [3.05, 3.63) is 23.2 Å². The number of carbonyl (C=O) groups is 1. The van der Waals surface area contributed by atoms with Gasteiger partial charge in [0, 0.05) is 12.8 Å². The second-order valence-corrected chi connectivity index (χ2v) is 5.55. The number of carbonyl (C=O) groups excluding carboxylic acids is 1. The van der Waals surface area contributed by atoms with E-state index < -0.39 is 11.6 Å². The fourth-order valence-electron chi connectivity index (χ4n) is 1.37. The third-order valence-electron chi connectivity index (χ3n) is 2.33. The van der Waals surface area contributed by atoms with Crippen LogP contribution in [0.25, 0.3) is 0 Å². The van der Waals surface area contributed by atoms with Crippen molar-refractivity contribution in [1.82, 2.24) is 5.48 Å².